The van der Waals surface area contributed by atoms with Crippen molar-refractivity contribution >= 4 is 17.2 Å². The summed E-state index contributed by atoms with van der Waals surface area (Å²) in [6.45, 7) is 2.13. The van der Waals surface area contributed by atoms with E-state index in [1.807, 2.05) is 5.38 Å². The standard InChI is InChI=1S/C22H22F2N4OS/c23-17-7-6-15(12-18(17)24)13-28-10-3-4-16(14-28)20(22-26-9-11-30-22)27-21(29)19-5-1-2-8-25-19/h1-2,5-9,11-12,16,20H,3-4,10,13-14H2,(H,27,29)/t16-,20-/m0/s1. The van der Waals surface area contributed by atoms with Crippen LogP contribution in [0.1, 0.15) is 39.9 Å². The Bertz CT molecular complexity index is 984. The van der Waals surface area contributed by atoms with Crippen LogP contribution in [0.5, 0.6) is 0 Å². The highest BCUT2D eigenvalue weighted by atomic mass is 32.1. The van der Waals surface area contributed by atoms with Gasteiger partial charge in [0.1, 0.15) is 10.7 Å². The Morgan fingerprint density at radius 1 is 1.20 bits per heavy atom. The van der Waals surface area contributed by atoms with Gasteiger partial charge >= 0.3 is 0 Å². The summed E-state index contributed by atoms with van der Waals surface area (Å²) in [5.74, 6) is -1.74. The van der Waals surface area contributed by atoms with E-state index in [-0.39, 0.29) is 17.9 Å². The molecule has 1 amide bonds. The van der Waals surface area contributed by atoms with Crippen molar-refractivity contribution in [2.24, 2.45) is 5.92 Å². The molecule has 0 unspecified atom stereocenters. The van der Waals surface area contributed by atoms with Crippen LogP contribution in [-0.2, 0) is 6.54 Å². The Kier molecular flexibility index (Phi) is 6.44. The zero-order valence-corrected chi connectivity index (χ0v) is 17.1. The lowest BCUT2D eigenvalue weighted by Crippen LogP contribution is -2.42. The van der Waals surface area contributed by atoms with E-state index >= 15 is 0 Å². The molecule has 0 bridgehead atoms. The lowest BCUT2D eigenvalue weighted by atomic mass is 9.90. The van der Waals surface area contributed by atoms with Gasteiger partial charge in [-0.2, -0.15) is 0 Å². The van der Waals surface area contributed by atoms with Gasteiger partial charge in [-0.3, -0.25) is 14.7 Å². The van der Waals surface area contributed by atoms with Crippen molar-refractivity contribution in [3.63, 3.8) is 0 Å². The first kappa shape index (κ1) is 20.6. The summed E-state index contributed by atoms with van der Waals surface area (Å²) in [5, 5.41) is 5.88. The van der Waals surface area contributed by atoms with E-state index in [1.165, 1.54) is 17.4 Å². The second kappa shape index (κ2) is 9.40. The highest BCUT2D eigenvalue weighted by Crippen LogP contribution is 2.32. The predicted molar refractivity (Wildman–Crippen MR) is 111 cm³/mol. The number of hydrogen-bond donors (Lipinski definition) is 1. The van der Waals surface area contributed by atoms with Crippen molar-refractivity contribution in [1.29, 1.82) is 0 Å². The molecule has 1 aliphatic rings. The quantitative estimate of drug-likeness (QED) is 0.639. The van der Waals surface area contributed by atoms with E-state index in [4.69, 9.17) is 0 Å². The molecule has 0 radical (unpaired) electrons. The zero-order chi connectivity index (χ0) is 20.9. The van der Waals surface area contributed by atoms with E-state index in [0.717, 1.165) is 42.6 Å². The second-order valence-corrected chi connectivity index (χ2v) is 8.35. The minimum absolute atomic E-state index is 0.155. The van der Waals surface area contributed by atoms with Crippen LogP contribution in [0.2, 0.25) is 0 Å². The number of benzene rings is 1. The summed E-state index contributed by atoms with van der Waals surface area (Å²) in [6, 6.07) is 9.04. The molecule has 3 heterocycles. The maximum atomic E-state index is 13.6. The number of nitrogens with zero attached hydrogens (tertiary/aromatic N) is 3. The number of pyridine rings is 1. The van der Waals surface area contributed by atoms with Crippen LogP contribution >= 0.6 is 11.3 Å². The van der Waals surface area contributed by atoms with Crippen LogP contribution in [-0.4, -0.2) is 33.9 Å². The largest absolute Gasteiger partial charge is 0.341 e. The minimum Gasteiger partial charge on any atom is -0.341 e. The summed E-state index contributed by atoms with van der Waals surface area (Å²) in [7, 11) is 0. The first-order valence-electron chi connectivity index (χ1n) is 9.87. The lowest BCUT2D eigenvalue weighted by molar-refractivity contribution is 0.0873. The molecule has 156 valence electrons. The number of carbonyl (C=O) groups is 1. The molecule has 1 fully saturated rings. The summed E-state index contributed by atoms with van der Waals surface area (Å²) in [4.78, 5) is 23.5. The topological polar surface area (TPSA) is 58.1 Å². The molecule has 0 aliphatic carbocycles. The number of nitrogens with one attached hydrogen (secondary N) is 1. The Hall–Kier alpha value is -2.71. The van der Waals surface area contributed by atoms with Gasteiger partial charge in [-0.05, 0) is 55.1 Å². The van der Waals surface area contributed by atoms with E-state index in [9.17, 15) is 13.6 Å². The van der Waals surface area contributed by atoms with Crippen LogP contribution < -0.4 is 5.32 Å². The molecule has 30 heavy (non-hydrogen) atoms. The van der Waals surface area contributed by atoms with Gasteiger partial charge in [-0.25, -0.2) is 13.8 Å². The Labute approximate surface area is 177 Å². The number of thiazole rings is 1. The molecular weight excluding hydrogens is 406 g/mol. The number of halogens is 2. The summed E-state index contributed by atoms with van der Waals surface area (Å²) in [6.07, 6.45) is 5.23. The molecule has 0 saturated carbocycles. The van der Waals surface area contributed by atoms with Crippen LogP contribution in [0.3, 0.4) is 0 Å². The maximum absolute atomic E-state index is 13.6. The van der Waals surface area contributed by atoms with E-state index < -0.39 is 11.6 Å². The third-order valence-electron chi connectivity index (χ3n) is 5.31. The second-order valence-electron chi connectivity index (χ2n) is 7.42. The number of likely N-dealkylation sites (tertiary alicyclic amines) is 1. The number of hydrogen-bond acceptors (Lipinski definition) is 5. The Morgan fingerprint density at radius 3 is 2.83 bits per heavy atom. The molecule has 1 aliphatic heterocycles. The van der Waals surface area contributed by atoms with Crippen molar-refractivity contribution in [2.45, 2.75) is 25.4 Å². The Balaban J connectivity index is 1.49. The number of carbonyl (C=O) groups excluding carboxylic acids is 1. The predicted octanol–water partition coefficient (Wildman–Crippen LogP) is 4.20. The lowest BCUT2D eigenvalue weighted by Gasteiger charge is -2.36. The minimum atomic E-state index is -0.837. The summed E-state index contributed by atoms with van der Waals surface area (Å²) < 4.78 is 26.8. The van der Waals surface area contributed by atoms with Crippen molar-refractivity contribution < 1.29 is 13.6 Å². The molecule has 0 spiro atoms. The zero-order valence-electron chi connectivity index (χ0n) is 16.3. The fourth-order valence-electron chi connectivity index (χ4n) is 3.88. The molecule has 1 N–H and O–H groups in total. The first-order valence-corrected chi connectivity index (χ1v) is 10.8. The van der Waals surface area contributed by atoms with Crippen LogP contribution in [0.15, 0.2) is 54.2 Å². The highest BCUT2D eigenvalue weighted by molar-refractivity contribution is 7.09. The van der Waals surface area contributed by atoms with Crippen molar-refractivity contribution in [3.8, 4) is 0 Å². The van der Waals surface area contributed by atoms with Crippen LogP contribution in [0, 0.1) is 17.6 Å². The van der Waals surface area contributed by atoms with Crippen LogP contribution in [0.25, 0.3) is 0 Å². The third-order valence-corrected chi connectivity index (χ3v) is 6.16. The van der Waals surface area contributed by atoms with Gasteiger partial charge in [0.2, 0.25) is 0 Å². The molecule has 5 nitrogen and oxygen atoms in total. The smallest absolute Gasteiger partial charge is 0.270 e. The van der Waals surface area contributed by atoms with Gasteiger partial charge in [-0.15, -0.1) is 11.3 Å². The van der Waals surface area contributed by atoms with Gasteiger partial charge in [0.25, 0.3) is 5.91 Å². The fourth-order valence-corrected chi connectivity index (χ4v) is 4.67. The molecule has 4 rings (SSSR count). The summed E-state index contributed by atoms with van der Waals surface area (Å²) >= 11 is 1.51. The monoisotopic (exact) mass is 428 g/mol. The molecule has 3 aromatic rings. The maximum Gasteiger partial charge on any atom is 0.270 e. The van der Waals surface area contributed by atoms with Gasteiger partial charge in [0, 0.05) is 30.9 Å². The van der Waals surface area contributed by atoms with Gasteiger partial charge in [0.05, 0.1) is 6.04 Å². The van der Waals surface area contributed by atoms with E-state index in [2.05, 4.69) is 20.2 Å². The van der Waals surface area contributed by atoms with Gasteiger partial charge in [0.15, 0.2) is 11.6 Å². The van der Waals surface area contributed by atoms with Gasteiger partial charge < -0.3 is 5.32 Å². The average molecular weight is 429 g/mol. The Morgan fingerprint density at radius 2 is 2.10 bits per heavy atom. The molecule has 2 atom stereocenters. The number of rotatable bonds is 6. The molecular formula is C22H22F2N4OS. The highest BCUT2D eigenvalue weighted by Gasteiger charge is 2.31. The molecule has 8 heteroatoms. The first-order chi connectivity index (χ1) is 14.6. The SMILES string of the molecule is O=C(N[C@H](c1nccs1)[C@H]1CCCN(Cc2ccc(F)c(F)c2)C1)c1ccccn1. The van der Waals surface area contributed by atoms with Crippen molar-refractivity contribution in [3.05, 3.63) is 82.1 Å². The number of piperidine rings is 1. The third kappa shape index (κ3) is 4.88. The van der Waals surface area contributed by atoms with Gasteiger partial charge in [-0.1, -0.05) is 12.1 Å². The molecule has 1 aromatic carbocycles. The van der Waals surface area contributed by atoms with Crippen LogP contribution in [0.4, 0.5) is 8.78 Å². The van der Waals surface area contributed by atoms with E-state index in [0.29, 0.717) is 12.2 Å². The normalized spacial score (nSPS) is 18.1. The molecule has 2 aromatic heterocycles. The van der Waals surface area contributed by atoms with Crippen molar-refractivity contribution in [2.75, 3.05) is 13.1 Å². The average Bonchev–Trinajstić information content (AvgIpc) is 3.30. The van der Waals surface area contributed by atoms with Crippen molar-refractivity contribution in [1.82, 2.24) is 20.2 Å². The molecule has 1 saturated heterocycles. The fraction of sp³-hybridized carbons (Fsp3) is 0.318. The van der Waals surface area contributed by atoms with E-state index in [1.54, 1.807) is 36.7 Å². The number of amides is 1. The number of aromatic nitrogens is 2. The summed E-state index contributed by atoms with van der Waals surface area (Å²) in [5.41, 5.74) is 1.10.